The van der Waals surface area contributed by atoms with Crippen LogP contribution in [0.25, 0.3) is 0 Å². The van der Waals surface area contributed by atoms with Gasteiger partial charge in [-0.15, -0.1) is 0 Å². The Kier molecular flexibility index (Phi) is 4.45. The van der Waals surface area contributed by atoms with Gasteiger partial charge in [0.2, 0.25) is 0 Å². The number of ether oxygens (including phenoxy) is 1. The number of rotatable bonds is 4. The predicted octanol–water partition coefficient (Wildman–Crippen LogP) is -1.19. The molecule has 1 aliphatic rings. The lowest BCUT2D eigenvalue weighted by Gasteiger charge is -2.19. The van der Waals surface area contributed by atoms with Gasteiger partial charge in [0, 0.05) is 13.1 Å². The molecule has 1 amide bonds. The number of esters is 1. The Labute approximate surface area is 98.5 Å². The van der Waals surface area contributed by atoms with Crippen molar-refractivity contribution in [2.75, 3.05) is 19.7 Å². The highest BCUT2D eigenvalue weighted by Gasteiger charge is 2.35. The maximum atomic E-state index is 11.7. The van der Waals surface area contributed by atoms with Crippen LogP contribution in [-0.2, 0) is 19.1 Å². The molecule has 0 aromatic carbocycles. The second-order valence-corrected chi connectivity index (χ2v) is 3.84. The zero-order chi connectivity index (χ0) is 13.0. The first-order valence-corrected chi connectivity index (χ1v) is 5.41. The second kappa shape index (κ2) is 5.62. The monoisotopic (exact) mass is 244 g/mol. The SMILES string of the molecule is CCOC(=O)C(N)C(=O)N1CCC(C(=O)O)C1. The van der Waals surface area contributed by atoms with Gasteiger partial charge in [-0.1, -0.05) is 0 Å². The molecule has 1 saturated heterocycles. The van der Waals surface area contributed by atoms with Crippen molar-refractivity contribution in [2.24, 2.45) is 11.7 Å². The van der Waals surface area contributed by atoms with E-state index in [1.807, 2.05) is 0 Å². The lowest BCUT2D eigenvalue weighted by atomic mass is 10.1. The first-order valence-electron chi connectivity index (χ1n) is 5.41. The van der Waals surface area contributed by atoms with Crippen molar-refractivity contribution >= 4 is 17.8 Å². The standard InChI is InChI=1S/C10H16N2O5/c1-2-17-10(16)7(11)8(13)12-4-3-6(5-12)9(14)15/h6-7H,2-5,11H2,1H3,(H,14,15). The molecule has 1 fully saturated rings. The van der Waals surface area contributed by atoms with Crippen molar-refractivity contribution in [3.63, 3.8) is 0 Å². The van der Waals surface area contributed by atoms with Gasteiger partial charge in [-0.05, 0) is 13.3 Å². The van der Waals surface area contributed by atoms with Gasteiger partial charge in [0.25, 0.3) is 5.91 Å². The van der Waals surface area contributed by atoms with Crippen molar-refractivity contribution in [3.05, 3.63) is 0 Å². The highest BCUT2D eigenvalue weighted by atomic mass is 16.5. The van der Waals surface area contributed by atoms with Crippen LogP contribution in [0.5, 0.6) is 0 Å². The van der Waals surface area contributed by atoms with Crippen LogP contribution in [-0.4, -0.2) is 53.6 Å². The molecule has 3 N–H and O–H groups in total. The number of carbonyl (C=O) groups is 3. The summed E-state index contributed by atoms with van der Waals surface area (Å²) in [7, 11) is 0. The van der Waals surface area contributed by atoms with Crippen LogP contribution in [0, 0.1) is 5.92 Å². The molecule has 1 aliphatic heterocycles. The highest BCUT2D eigenvalue weighted by Crippen LogP contribution is 2.17. The molecule has 96 valence electrons. The molecule has 0 bridgehead atoms. The molecule has 7 heteroatoms. The molecule has 0 spiro atoms. The smallest absolute Gasteiger partial charge is 0.332 e. The summed E-state index contributed by atoms with van der Waals surface area (Å²) >= 11 is 0. The summed E-state index contributed by atoms with van der Waals surface area (Å²) in [6, 6.07) is -1.36. The van der Waals surface area contributed by atoms with E-state index in [0.29, 0.717) is 13.0 Å². The number of aliphatic carboxylic acids is 1. The molecule has 1 heterocycles. The summed E-state index contributed by atoms with van der Waals surface area (Å²) < 4.78 is 4.63. The summed E-state index contributed by atoms with van der Waals surface area (Å²) in [6.07, 6.45) is 0.386. The van der Waals surface area contributed by atoms with Crippen molar-refractivity contribution < 1.29 is 24.2 Å². The van der Waals surface area contributed by atoms with Gasteiger partial charge < -0.3 is 20.5 Å². The number of nitrogens with zero attached hydrogens (tertiary/aromatic N) is 1. The Bertz CT molecular complexity index is 331. The normalized spacial score (nSPS) is 21.1. The van der Waals surface area contributed by atoms with Crippen LogP contribution in [0.15, 0.2) is 0 Å². The van der Waals surface area contributed by atoms with Crippen LogP contribution in [0.3, 0.4) is 0 Å². The molecule has 0 aliphatic carbocycles. The molecule has 1 rings (SSSR count). The summed E-state index contributed by atoms with van der Waals surface area (Å²) in [6.45, 7) is 2.17. The van der Waals surface area contributed by atoms with Gasteiger partial charge in [0.1, 0.15) is 0 Å². The van der Waals surface area contributed by atoms with E-state index in [0.717, 1.165) is 0 Å². The third-order valence-corrected chi connectivity index (χ3v) is 2.66. The fraction of sp³-hybridized carbons (Fsp3) is 0.700. The van der Waals surface area contributed by atoms with Crippen LogP contribution < -0.4 is 5.73 Å². The Hall–Kier alpha value is -1.63. The molecule has 0 aromatic rings. The molecule has 2 unspecified atom stereocenters. The van der Waals surface area contributed by atoms with Crippen LogP contribution >= 0.6 is 0 Å². The van der Waals surface area contributed by atoms with Crippen LogP contribution in [0.4, 0.5) is 0 Å². The lowest BCUT2D eigenvalue weighted by molar-refractivity contribution is -0.150. The summed E-state index contributed by atoms with van der Waals surface area (Å²) in [5, 5.41) is 8.78. The van der Waals surface area contributed by atoms with Crippen LogP contribution in [0.1, 0.15) is 13.3 Å². The molecule has 7 nitrogen and oxygen atoms in total. The fourth-order valence-electron chi connectivity index (χ4n) is 1.69. The van der Waals surface area contributed by atoms with Gasteiger partial charge in [0.15, 0.2) is 6.04 Å². The van der Waals surface area contributed by atoms with Gasteiger partial charge in [0.05, 0.1) is 12.5 Å². The minimum Gasteiger partial charge on any atom is -0.481 e. The Morgan fingerprint density at radius 2 is 2.18 bits per heavy atom. The van der Waals surface area contributed by atoms with E-state index in [1.165, 1.54) is 4.90 Å². The first-order chi connectivity index (χ1) is 7.97. The average molecular weight is 244 g/mol. The minimum absolute atomic E-state index is 0.0985. The minimum atomic E-state index is -1.36. The number of carboxylic acids is 1. The maximum absolute atomic E-state index is 11.7. The van der Waals surface area contributed by atoms with Gasteiger partial charge in [-0.2, -0.15) is 0 Å². The van der Waals surface area contributed by atoms with Crippen molar-refractivity contribution in [1.29, 1.82) is 0 Å². The Morgan fingerprint density at radius 3 is 2.65 bits per heavy atom. The zero-order valence-corrected chi connectivity index (χ0v) is 9.59. The lowest BCUT2D eigenvalue weighted by Crippen LogP contribution is -2.48. The number of likely N-dealkylation sites (tertiary alicyclic amines) is 1. The summed E-state index contributed by atoms with van der Waals surface area (Å²) in [5.74, 6) is -2.87. The molecule has 0 saturated carbocycles. The number of nitrogens with two attached hydrogens (primary N) is 1. The molecular formula is C10H16N2O5. The Morgan fingerprint density at radius 1 is 1.53 bits per heavy atom. The van der Waals surface area contributed by atoms with E-state index < -0.39 is 29.8 Å². The fourth-order valence-corrected chi connectivity index (χ4v) is 1.69. The molecule has 0 radical (unpaired) electrons. The largest absolute Gasteiger partial charge is 0.481 e. The number of amides is 1. The molecule has 17 heavy (non-hydrogen) atoms. The predicted molar refractivity (Wildman–Crippen MR) is 56.9 cm³/mol. The van der Waals surface area contributed by atoms with Gasteiger partial charge >= 0.3 is 11.9 Å². The van der Waals surface area contributed by atoms with E-state index in [4.69, 9.17) is 10.8 Å². The average Bonchev–Trinajstić information content (AvgIpc) is 2.76. The number of hydrogen-bond donors (Lipinski definition) is 2. The van der Waals surface area contributed by atoms with E-state index >= 15 is 0 Å². The van der Waals surface area contributed by atoms with Crippen LogP contribution in [0.2, 0.25) is 0 Å². The molecule has 2 atom stereocenters. The first kappa shape index (κ1) is 13.4. The van der Waals surface area contributed by atoms with Crippen molar-refractivity contribution in [1.82, 2.24) is 4.90 Å². The van der Waals surface area contributed by atoms with E-state index in [2.05, 4.69) is 4.74 Å². The second-order valence-electron chi connectivity index (χ2n) is 3.84. The van der Waals surface area contributed by atoms with Gasteiger partial charge in [-0.25, -0.2) is 4.79 Å². The quantitative estimate of drug-likeness (QED) is 0.475. The number of hydrogen-bond acceptors (Lipinski definition) is 5. The highest BCUT2D eigenvalue weighted by molar-refractivity contribution is 6.01. The number of carboxylic acid groups (broad SMARTS) is 1. The van der Waals surface area contributed by atoms with Crippen molar-refractivity contribution in [2.45, 2.75) is 19.4 Å². The third kappa shape index (κ3) is 3.16. The van der Waals surface area contributed by atoms with Crippen molar-refractivity contribution in [3.8, 4) is 0 Å². The third-order valence-electron chi connectivity index (χ3n) is 2.66. The maximum Gasteiger partial charge on any atom is 0.332 e. The molecular weight excluding hydrogens is 228 g/mol. The number of carbonyl (C=O) groups excluding carboxylic acids is 2. The zero-order valence-electron chi connectivity index (χ0n) is 9.59. The van der Waals surface area contributed by atoms with Gasteiger partial charge in [-0.3, -0.25) is 9.59 Å². The van der Waals surface area contributed by atoms with E-state index in [1.54, 1.807) is 6.92 Å². The Balaban J connectivity index is 2.54. The van der Waals surface area contributed by atoms with E-state index in [9.17, 15) is 14.4 Å². The van der Waals surface area contributed by atoms with E-state index in [-0.39, 0.29) is 13.2 Å². The molecule has 0 aromatic heterocycles. The summed E-state index contributed by atoms with van der Waals surface area (Å²) in [4.78, 5) is 35.0. The topological polar surface area (TPSA) is 110 Å². The summed E-state index contributed by atoms with van der Waals surface area (Å²) in [5.41, 5.74) is 5.44.